The molecule has 0 bridgehead atoms. The second-order valence-corrected chi connectivity index (χ2v) is 7.15. The van der Waals surface area contributed by atoms with E-state index in [1.54, 1.807) is 11.3 Å². The molecule has 0 fully saturated rings. The Morgan fingerprint density at radius 2 is 2.00 bits per heavy atom. The maximum Gasteiger partial charge on any atom is 0.0931 e. The minimum Gasteiger partial charge on any atom is -0.310 e. The van der Waals surface area contributed by atoms with Crippen molar-refractivity contribution < 1.29 is 0 Å². The van der Waals surface area contributed by atoms with E-state index in [9.17, 15) is 0 Å². The van der Waals surface area contributed by atoms with Crippen LogP contribution in [0.5, 0.6) is 0 Å². The molecule has 2 aromatic rings. The molecule has 0 aliphatic rings. The molecule has 20 heavy (non-hydrogen) atoms. The van der Waals surface area contributed by atoms with Gasteiger partial charge in [0.1, 0.15) is 0 Å². The molecule has 0 aliphatic carbocycles. The number of hydrogen-bond acceptors (Lipinski definition) is 2. The highest BCUT2D eigenvalue weighted by Crippen LogP contribution is 2.29. The van der Waals surface area contributed by atoms with Gasteiger partial charge >= 0.3 is 0 Å². The molecule has 1 unspecified atom stereocenters. The third kappa shape index (κ3) is 4.23. The average molecular weight is 328 g/mol. The molecule has 1 heterocycles. The molecule has 108 valence electrons. The Morgan fingerprint density at radius 3 is 2.65 bits per heavy atom. The Morgan fingerprint density at radius 1 is 1.20 bits per heavy atom. The SMILES string of the molecule is CCCNC(Cc1ccc(Cl)s1)c1cc(Cl)ccc1C. The second-order valence-electron chi connectivity index (χ2n) is 4.92. The van der Waals surface area contributed by atoms with Crippen molar-refractivity contribution >= 4 is 34.5 Å². The first-order valence-electron chi connectivity index (χ1n) is 6.83. The van der Waals surface area contributed by atoms with Crippen LogP contribution >= 0.6 is 34.5 Å². The summed E-state index contributed by atoms with van der Waals surface area (Å²) < 4.78 is 0.844. The Kier molecular flexibility index (Phi) is 5.91. The van der Waals surface area contributed by atoms with Crippen molar-refractivity contribution in [2.75, 3.05) is 6.54 Å². The van der Waals surface area contributed by atoms with Crippen molar-refractivity contribution in [3.05, 3.63) is 55.7 Å². The maximum absolute atomic E-state index is 6.16. The van der Waals surface area contributed by atoms with Crippen LogP contribution in [0.1, 0.15) is 35.4 Å². The van der Waals surface area contributed by atoms with Gasteiger partial charge in [0, 0.05) is 22.4 Å². The zero-order valence-electron chi connectivity index (χ0n) is 11.7. The van der Waals surface area contributed by atoms with Crippen LogP contribution in [0, 0.1) is 6.92 Å². The minimum absolute atomic E-state index is 0.281. The van der Waals surface area contributed by atoms with Crippen LogP contribution in [0.25, 0.3) is 0 Å². The molecule has 1 aromatic carbocycles. The van der Waals surface area contributed by atoms with E-state index in [2.05, 4.69) is 37.4 Å². The smallest absolute Gasteiger partial charge is 0.0931 e. The topological polar surface area (TPSA) is 12.0 Å². The van der Waals surface area contributed by atoms with Gasteiger partial charge in [0.15, 0.2) is 0 Å². The van der Waals surface area contributed by atoms with Crippen LogP contribution in [-0.2, 0) is 6.42 Å². The van der Waals surface area contributed by atoms with Crippen LogP contribution in [0.2, 0.25) is 9.36 Å². The molecule has 0 spiro atoms. The van der Waals surface area contributed by atoms with Crippen molar-refractivity contribution in [2.24, 2.45) is 0 Å². The van der Waals surface area contributed by atoms with E-state index in [-0.39, 0.29) is 6.04 Å². The molecule has 0 aliphatic heterocycles. The first-order chi connectivity index (χ1) is 9.60. The van der Waals surface area contributed by atoms with Crippen molar-refractivity contribution in [1.29, 1.82) is 0 Å². The Bertz CT molecular complexity index is 565. The highest BCUT2D eigenvalue weighted by atomic mass is 35.5. The molecule has 1 N–H and O–H groups in total. The zero-order valence-corrected chi connectivity index (χ0v) is 14.1. The summed E-state index contributed by atoms with van der Waals surface area (Å²) in [6, 6.07) is 10.4. The van der Waals surface area contributed by atoms with Crippen LogP contribution in [0.4, 0.5) is 0 Å². The fraction of sp³-hybridized carbons (Fsp3) is 0.375. The van der Waals surface area contributed by atoms with E-state index in [4.69, 9.17) is 23.2 Å². The summed E-state index contributed by atoms with van der Waals surface area (Å²) >= 11 is 13.8. The lowest BCUT2D eigenvalue weighted by Crippen LogP contribution is -2.24. The van der Waals surface area contributed by atoms with Gasteiger partial charge < -0.3 is 5.32 Å². The largest absolute Gasteiger partial charge is 0.310 e. The van der Waals surface area contributed by atoms with Gasteiger partial charge in [-0.05, 0) is 55.3 Å². The van der Waals surface area contributed by atoms with Crippen LogP contribution in [-0.4, -0.2) is 6.54 Å². The molecule has 2 rings (SSSR count). The van der Waals surface area contributed by atoms with Gasteiger partial charge in [-0.25, -0.2) is 0 Å². The van der Waals surface area contributed by atoms with E-state index < -0.39 is 0 Å². The van der Waals surface area contributed by atoms with Crippen LogP contribution in [0.3, 0.4) is 0 Å². The van der Waals surface area contributed by atoms with Crippen molar-refractivity contribution in [3.8, 4) is 0 Å². The van der Waals surface area contributed by atoms with E-state index in [0.29, 0.717) is 0 Å². The Hall–Kier alpha value is -0.540. The fourth-order valence-corrected chi connectivity index (χ4v) is 3.57. The number of benzene rings is 1. The molecule has 1 nitrogen and oxygen atoms in total. The summed E-state index contributed by atoms with van der Waals surface area (Å²) in [4.78, 5) is 1.29. The molecule has 1 aromatic heterocycles. The van der Waals surface area contributed by atoms with Crippen LogP contribution in [0.15, 0.2) is 30.3 Å². The van der Waals surface area contributed by atoms with E-state index in [1.165, 1.54) is 16.0 Å². The number of nitrogens with one attached hydrogen (secondary N) is 1. The van der Waals surface area contributed by atoms with Gasteiger partial charge in [-0.2, -0.15) is 0 Å². The highest BCUT2D eigenvalue weighted by molar-refractivity contribution is 7.16. The molecular formula is C16H19Cl2NS. The highest BCUT2D eigenvalue weighted by Gasteiger charge is 2.15. The zero-order chi connectivity index (χ0) is 14.5. The predicted molar refractivity (Wildman–Crippen MR) is 90.3 cm³/mol. The number of thiophene rings is 1. The summed E-state index contributed by atoms with van der Waals surface area (Å²) in [5.74, 6) is 0. The summed E-state index contributed by atoms with van der Waals surface area (Å²) in [7, 11) is 0. The van der Waals surface area contributed by atoms with Gasteiger partial charge in [0.25, 0.3) is 0 Å². The summed E-state index contributed by atoms with van der Waals surface area (Å²) in [5.41, 5.74) is 2.54. The predicted octanol–water partition coefficient (Wildman–Crippen LogP) is 5.65. The fourth-order valence-electron chi connectivity index (χ4n) is 2.26. The lowest BCUT2D eigenvalue weighted by molar-refractivity contribution is 0.530. The molecule has 0 saturated heterocycles. The van der Waals surface area contributed by atoms with Gasteiger partial charge in [-0.15, -0.1) is 11.3 Å². The van der Waals surface area contributed by atoms with Crippen LogP contribution < -0.4 is 5.32 Å². The lowest BCUT2D eigenvalue weighted by atomic mass is 9.98. The van der Waals surface area contributed by atoms with Gasteiger partial charge in [0.2, 0.25) is 0 Å². The lowest BCUT2D eigenvalue weighted by Gasteiger charge is -2.20. The molecule has 0 amide bonds. The molecule has 1 atom stereocenters. The quantitative estimate of drug-likeness (QED) is 0.723. The van der Waals surface area contributed by atoms with E-state index >= 15 is 0 Å². The van der Waals surface area contributed by atoms with E-state index in [0.717, 1.165) is 28.7 Å². The Labute approximate surface area is 134 Å². The first-order valence-corrected chi connectivity index (χ1v) is 8.41. The van der Waals surface area contributed by atoms with Gasteiger partial charge in [0.05, 0.1) is 4.34 Å². The summed E-state index contributed by atoms with van der Waals surface area (Å²) in [6.45, 7) is 5.31. The summed E-state index contributed by atoms with van der Waals surface area (Å²) in [5, 5.41) is 4.41. The van der Waals surface area contributed by atoms with Crippen molar-refractivity contribution in [1.82, 2.24) is 5.32 Å². The maximum atomic E-state index is 6.16. The number of hydrogen-bond donors (Lipinski definition) is 1. The minimum atomic E-state index is 0.281. The first kappa shape index (κ1) is 15.8. The standard InChI is InChI=1S/C16H19Cl2NS/c1-3-8-19-15(10-13-6-7-16(18)20-13)14-9-12(17)5-4-11(14)2/h4-7,9,15,19H,3,8,10H2,1-2H3. The van der Waals surface area contributed by atoms with Crippen molar-refractivity contribution in [2.45, 2.75) is 32.7 Å². The number of halogens is 2. The van der Waals surface area contributed by atoms with Gasteiger partial charge in [-0.1, -0.05) is 36.2 Å². The normalized spacial score (nSPS) is 12.6. The molecule has 0 saturated carbocycles. The number of aryl methyl sites for hydroxylation is 1. The van der Waals surface area contributed by atoms with Crippen molar-refractivity contribution in [3.63, 3.8) is 0 Å². The summed E-state index contributed by atoms with van der Waals surface area (Å²) in [6.07, 6.45) is 2.06. The second kappa shape index (κ2) is 7.46. The number of rotatable bonds is 6. The van der Waals surface area contributed by atoms with E-state index in [1.807, 2.05) is 12.1 Å². The molecule has 0 radical (unpaired) electrons. The monoisotopic (exact) mass is 327 g/mol. The van der Waals surface area contributed by atoms with Gasteiger partial charge in [-0.3, -0.25) is 0 Å². The third-order valence-corrected chi connectivity index (χ3v) is 4.78. The third-order valence-electron chi connectivity index (χ3n) is 3.29. The molecule has 4 heteroatoms. The Balaban J connectivity index is 2.24. The molecular weight excluding hydrogens is 309 g/mol. The average Bonchev–Trinajstić information content (AvgIpc) is 2.83.